The van der Waals surface area contributed by atoms with Crippen molar-refractivity contribution in [1.82, 2.24) is 4.98 Å². The zero-order valence-electron chi connectivity index (χ0n) is 18.1. The van der Waals surface area contributed by atoms with Crippen LogP contribution in [-0.4, -0.2) is 40.8 Å². The Balaban J connectivity index is 0.000000945. The zero-order valence-corrected chi connectivity index (χ0v) is 18.1. The van der Waals surface area contributed by atoms with Gasteiger partial charge in [-0.15, -0.1) is 8.78 Å². The lowest BCUT2D eigenvalue weighted by atomic mass is 9.77. The Bertz CT molecular complexity index is 1060. The number of rotatable bonds is 4. The van der Waals surface area contributed by atoms with Crippen molar-refractivity contribution in [3.05, 3.63) is 59.7 Å². The fourth-order valence-electron chi connectivity index (χ4n) is 3.65. The Labute approximate surface area is 190 Å². The number of alkyl halides is 3. The van der Waals surface area contributed by atoms with Gasteiger partial charge in [0.15, 0.2) is 11.4 Å². The normalized spacial score (nSPS) is 24.1. The number of ether oxygens (including phenoxy) is 1. The summed E-state index contributed by atoms with van der Waals surface area (Å²) in [6.07, 6.45) is -7.73. The topological polar surface area (TPSA) is 85.4 Å². The van der Waals surface area contributed by atoms with Crippen molar-refractivity contribution >= 4 is 23.7 Å². The number of halogens is 6. The van der Waals surface area contributed by atoms with E-state index in [4.69, 9.17) is 9.53 Å². The summed E-state index contributed by atoms with van der Waals surface area (Å²) in [5, 5.41) is 2.50. The predicted octanol–water partition coefficient (Wildman–Crippen LogP) is 5.55. The molecule has 4 atom stereocenters. The first-order valence-corrected chi connectivity index (χ1v) is 9.80. The van der Waals surface area contributed by atoms with Crippen molar-refractivity contribution in [2.75, 3.05) is 5.32 Å². The molecule has 2 heterocycles. The molecule has 184 valence electrons. The van der Waals surface area contributed by atoms with Crippen LogP contribution in [0.1, 0.15) is 42.7 Å². The number of aromatic nitrogens is 1. The van der Waals surface area contributed by atoms with Crippen molar-refractivity contribution in [3.63, 3.8) is 0 Å². The average Bonchev–Trinajstić information content (AvgIpc) is 3.01. The molecule has 0 aliphatic carbocycles. The summed E-state index contributed by atoms with van der Waals surface area (Å²) in [5.74, 6) is -3.76. The minimum absolute atomic E-state index is 0.101. The third-order valence-electron chi connectivity index (χ3n) is 5.57. The van der Waals surface area contributed by atoms with Gasteiger partial charge in [0, 0.05) is 30.6 Å². The number of pyridine rings is 1. The Morgan fingerprint density at radius 2 is 1.65 bits per heavy atom. The van der Waals surface area contributed by atoms with Gasteiger partial charge < -0.3 is 10.1 Å². The van der Waals surface area contributed by atoms with E-state index in [2.05, 4.69) is 10.3 Å². The molecule has 1 aromatic carbocycles. The Morgan fingerprint density at radius 3 is 2.15 bits per heavy atom. The third kappa shape index (κ3) is 5.99. The summed E-state index contributed by atoms with van der Waals surface area (Å²) in [6, 6.07) is 7.70. The molecule has 3 rings (SSSR count). The van der Waals surface area contributed by atoms with Gasteiger partial charge in [0.2, 0.25) is 0 Å². The van der Waals surface area contributed by atoms with Crippen molar-refractivity contribution in [2.45, 2.75) is 44.6 Å². The van der Waals surface area contributed by atoms with Crippen molar-refractivity contribution in [1.29, 1.82) is 0 Å². The standard InChI is InChI=1S/C21H20F4N2O3.CF2O/c1-11-17(13-4-6-14(22)7-5-13)18(30-20(11,3)21(23,24)25)19(29)27-15-8-9-26-16(10-15)12(2)28;2-1(3)4/h4-11,17-18H,1-3H3,(H,26,27,29);/t11-,17-,18?,20+;/m0./s1. The molecule has 1 aromatic heterocycles. The molecule has 1 amide bonds. The first kappa shape index (κ1) is 27.0. The van der Waals surface area contributed by atoms with E-state index in [0.717, 1.165) is 19.1 Å². The molecule has 0 radical (unpaired) electrons. The number of hydrogen-bond acceptors (Lipinski definition) is 5. The summed E-state index contributed by atoms with van der Waals surface area (Å²) >= 11 is 0. The Hall–Kier alpha value is -3.28. The van der Waals surface area contributed by atoms with Crippen LogP contribution in [0, 0.1) is 11.7 Å². The van der Waals surface area contributed by atoms with Crippen LogP contribution in [0.5, 0.6) is 0 Å². The van der Waals surface area contributed by atoms with E-state index in [1.807, 2.05) is 0 Å². The molecule has 1 fully saturated rings. The van der Waals surface area contributed by atoms with Gasteiger partial charge in [-0.1, -0.05) is 19.1 Å². The van der Waals surface area contributed by atoms with Gasteiger partial charge in [-0.05, 0) is 36.8 Å². The largest absolute Gasteiger partial charge is 0.483 e. The number of nitrogens with one attached hydrogen (secondary N) is 1. The van der Waals surface area contributed by atoms with E-state index in [-0.39, 0.29) is 17.2 Å². The second-order valence-electron chi connectivity index (χ2n) is 7.71. The van der Waals surface area contributed by atoms with Crippen molar-refractivity contribution in [3.8, 4) is 0 Å². The zero-order chi connectivity index (χ0) is 25.8. The summed E-state index contributed by atoms with van der Waals surface area (Å²) in [5.41, 5.74) is -1.91. The number of hydrogen-bond donors (Lipinski definition) is 1. The summed E-state index contributed by atoms with van der Waals surface area (Å²) in [6.45, 7) is 3.56. The molecule has 1 N–H and O–H groups in total. The first-order chi connectivity index (χ1) is 15.7. The molecular formula is C22H20F6N2O4. The van der Waals surface area contributed by atoms with Gasteiger partial charge >= 0.3 is 12.5 Å². The van der Waals surface area contributed by atoms with Gasteiger partial charge in [-0.25, -0.2) is 9.18 Å². The molecule has 0 spiro atoms. The molecule has 0 bridgehead atoms. The van der Waals surface area contributed by atoms with Crippen LogP contribution >= 0.6 is 0 Å². The SMILES string of the molecule is CC(=O)c1cc(NC(=O)C2O[C@@](C)(C(F)(F)F)[C@@H](C)[C@H]2c2ccc(F)cc2)ccn1.O=C(F)F. The van der Waals surface area contributed by atoms with E-state index < -0.39 is 47.7 Å². The smallest absolute Gasteiger partial charge is 0.352 e. The highest BCUT2D eigenvalue weighted by molar-refractivity contribution is 5.97. The number of benzene rings is 1. The molecule has 1 unspecified atom stereocenters. The highest BCUT2D eigenvalue weighted by Gasteiger charge is 2.65. The number of anilines is 1. The van der Waals surface area contributed by atoms with Gasteiger partial charge in [0.1, 0.15) is 17.6 Å². The molecule has 6 nitrogen and oxygen atoms in total. The molecule has 1 aliphatic heterocycles. The van der Waals surface area contributed by atoms with Crippen LogP contribution in [0.2, 0.25) is 0 Å². The number of carbonyl (C=O) groups excluding carboxylic acids is 3. The minimum atomic E-state index is -4.72. The van der Waals surface area contributed by atoms with Gasteiger partial charge in [0.25, 0.3) is 5.91 Å². The highest BCUT2D eigenvalue weighted by Crippen LogP contribution is 2.53. The fourth-order valence-corrected chi connectivity index (χ4v) is 3.65. The molecule has 2 aromatic rings. The predicted molar refractivity (Wildman–Crippen MR) is 108 cm³/mol. The minimum Gasteiger partial charge on any atom is -0.352 e. The quantitative estimate of drug-likeness (QED) is 0.345. The number of ketones is 1. The summed E-state index contributed by atoms with van der Waals surface area (Å²) in [4.78, 5) is 36.4. The second kappa shape index (κ2) is 10.3. The average molecular weight is 490 g/mol. The lowest BCUT2D eigenvalue weighted by Crippen LogP contribution is -2.47. The van der Waals surface area contributed by atoms with Crippen molar-refractivity contribution < 1.29 is 45.5 Å². The maximum Gasteiger partial charge on any atom is 0.483 e. The molecule has 12 heteroatoms. The van der Waals surface area contributed by atoms with E-state index in [1.165, 1.54) is 44.3 Å². The third-order valence-corrected chi connectivity index (χ3v) is 5.57. The maximum atomic E-state index is 13.8. The first-order valence-electron chi connectivity index (χ1n) is 9.80. The Kier molecular flexibility index (Phi) is 8.19. The van der Waals surface area contributed by atoms with E-state index >= 15 is 0 Å². The van der Waals surface area contributed by atoms with Crippen LogP contribution in [0.25, 0.3) is 0 Å². The number of amides is 1. The number of carbonyl (C=O) groups is 3. The van der Waals surface area contributed by atoms with Crippen LogP contribution in [0.3, 0.4) is 0 Å². The van der Waals surface area contributed by atoms with E-state index in [9.17, 15) is 35.9 Å². The molecule has 1 saturated heterocycles. The molecular weight excluding hydrogens is 470 g/mol. The number of Topliss-reactive ketones (excluding diaryl/α,β-unsaturated/α-hetero) is 1. The second-order valence-corrected chi connectivity index (χ2v) is 7.71. The van der Waals surface area contributed by atoms with Crippen LogP contribution in [0.15, 0.2) is 42.6 Å². The van der Waals surface area contributed by atoms with Crippen LogP contribution < -0.4 is 5.32 Å². The summed E-state index contributed by atoms with van der Waals surface area (Å²) in [7, 11) is 0. The van der Waals surface area contributed by atoms with Crippen LogP contribution in [0.4, 0.5) is 36.8 Å². The monoisotopic (exact) mass is 490 g/mol. The molecule has 0 saturated carbocycles. The molecule has 34 heavy (non-hydrogen) atoms. The molecule has 1 aliphatic rings. The van der Waals surface area contributed by atoms with Gasteiger partial charge in [0.05, 0.1) is 0 Å². The Morgan fingerprint density at radius 1 is 1.09 bits per heavy atom. The van der Waals surface area contributed by atoms with Gasteiger partial charge in [-0.3, -0.25) is 14.6 Å². The maximum absolute atomic E-state index is 13.8. The number of nitrogens with zero attached hydrogens (tertiary/aromatic N) is 1. The van der Waals surface area contributed by atoms with E-state index in [1.54, 1.807) is 0 Å². The van der Waals surface area contributed by atoms with Crippen molar-refractivity contribution in [2.24, 2.45) is 5.92 Å². The van der Waals surface area contributed by atoms with E-state index in [0.29, 0.717) is 5.56 Å². The highest BCUT2D eigenvalue weighted by atomic mass is 19.4. The fraction of sp³-hybridized carbons (Fsp3) is 0.364. The lowest BCUT2D eigenvalue weighted by Gasteiger charge is -2.31. The van der Waals surface area contributed by atoms with Crippen LogP contribution in [-0.2, 0) is 9.53 Å². The summed E-state index contributed by atoms with van der Waals surface area (Å²) < 4.78 is 79.4. The van der Waals surface area contributed by atoms with Gasteiger partial charge in [-0.2, -0.15) is 13.2 Å². The lowest BCUT2D eigenvalue weighted by molar-refractivity contribution is -0.272.